The lowest BCUT2D eigenvalue weighted by Crippen LogP contribution is -2.15. The molecule has 522 valence electrons. The molecule has 2 aliphatic rings. The van der Waals surface area contributed by atoms with Crippen molar-refractivity contribution in [2.75, 3.05) is 0 Å². The van der Waals surface area contributed by atoms with E-state index >= 15 is 0 Å². The summed E-state index contributed by atoms with van der Waals surface area (Å²) in [5, 5.41) is 24.3. The summed E-state index contributed by atoms with van der Waals surface area (Å²) >= 11 is 0. The van der Waals surface area contributed by atoms with Gasteiger partial charge in [-0.3, -0.25) is 0 Å². The van der Waals surface area contributed by atoms with Gasteiger partial charge in [-0.05, 0) is 269 Å². The Bertz CT molecular complexity index is 7570. The Morgan fingerprint density at radius 1 is 0.170 bits per heavy atom. The first-order valence-corrected chi connectivity index (χ1v) is 39.3. The SMILES string of the molecule is CC1(C)c2cc(-c3ccc(-c4c5ccccc5c(-c5cccc6ccccc56)c5cc(-c6ccc7c(-c8ccc(-c9ccc%10c(c9)C(C)(C)c9ccc%11c(ccc%12oc%13ccccc%13c%12%11)c9-%10)cc8)c8ccccc8c(-c8cccc9ccccc89)c7c6)ccc45)cc3)ccc2-c2c1ccc1cc3oc4ccccc4c3cc21. The van der Waals surface area contributed by atoms with Crippen LogP contribution in [0.2, 0.25) is 0 Å². The second kappa shape index (κ2) is 23.3. The molecule has 0 unspecified atom stereocenters. The number of fused-ring (bicyclic) bond motifs is 23. The van der Waals surface area contributed by atoms with E-state index < -0.39 is 0 Å². The summed E-state index contributed by atoms with van der Waals surface area (Å²) in [5.41, 5.74) is 30.9. The maximum atomic E-state index is 6.39. The quantitative estimate of drug-likeness (QED) is 0.149. The van der Waals surface area contributed by atoms with Gasteiger partial charge in [0, 0.05) is 32.4 Å². The molecular formula is C110H70O2. The Kier molecular flexibility index (Phi) is 13.1. The summed E-state index contributed by atoms with van der Waals surface area (Å²) in [6, 6.07) is 133. The second-order valence-corrected chi connectivity index (χ2v) is 32.4. The molecule has 20 aromatic carbocycles. The molecule has 0 radical (unpaired) electrons. The van der Waals surface area contributed by atoms with Gasteiger partial charge >= 0.3 is 0 Å². The Hall–Kier alpha value is -13.9. The van der Waals surface area contributed by atoms with E-state index in [9.17, 15) is 0 Å². The zero-order valence-electron chi connectivity index (χ0n) is 62.3. The van der Waals surface area contributed by atoms with Crippen molar-refractivity contribution >= 4 is 130 Å². The van der Waals surface area contributed by atoms with E-state index in [1.165, 1.54) is 203 Å². The molecule has 112 heavy (non-hydrogen) atoms. The smallest absolute Gasteiger partial charge is 0.136 e. The molecule has 0 saturated carbocycles. The zero-order chi connectivity index (χ0) is 74.0. The Balaban J connectivity index is 0.649. The fraction of sp³-hybridized carbons (Fsp3) is 0.0545. The van der Waals surface area contributed by atoms with Gasteiger partial charge in [-0.25, -0.2) is 0 Å². The Morgan fingerprint density at radius 2 is 0.545 bits per heavy atom. The molecule has 0 atom stereocenters. The number of para-hydroxylation sites is 2. The first kappa shape index (κ1) is 63.1. The number of hydrogen-bond donors (Lipinski definition) is 0. The second-order valence-electron chi connectivity index (χ2n) is 32.4. The van der Waals surface area contributed by atoms with E-state index in [2.05, 4.69) is 380 Å². The van der Waals surface area contributed by atoms with E-state index in [0.717, 1.165) is 49.6 Å². The third-order valence-corrected chi connectivity index (χ3v) is 25.8. The van der Waals surface area contributed by atoms with Gasteiger partial charge in [-0.15, -0.1) is 0 Å². The van der Waals surface area contributed by atoms with E-state index in [1.807, 2.05) is 0 Å². The molecule has 22 aromatic rings. The molecule has 0 fully saturated rings. The van der Waals surface area contributed by atoms with Crippen LogP contribution in [0.4, 0.5) is 0 Å². The van der Waals surface area contributed by atoms with Crippen LogP contribution in [0.25, 0.3) is 230 Å². The van der Waals surface area contributed by atoms with Gasteiger partial charge in [0.2, 0.25) is 0 Å². The first-order valence-electron chi connectivity index (χ1n) is 39.3. The monoisotopic (exact) mass is 1420 g/mol. The minimum Gasteiger partial charge on any atom is -0.456 e. The molecule has 0 saturated heterocycles. The molecule has 0 aliphatic heterocycles. The Labute approximate surface area is 647 Å². The summed E-state index contributed by atoms with van der Waals surface area (Å²) in [4.78, 5) is 0. The first-order chi connectivity index (χ1) is 55.0. The van der Waals surface area contributed by atoms with Gasteiger partial charge in [0.15, 0.2) is 0 Å². The van der Waals surface area contributed by atoms with E-state index in [1.54, 1.807) is 0 Å². The highest BCUT2D eigenvalue weighted by molar-refractivity contribution is 6.28. The average molecular weight is 1420 g/mol. The maximum absolute atomic E-state index is 6.39. The van der Waals surface area contributed by atoms with Gasteiger partial charge < -0.3 is 8.83 Å². The topological polar surface area (TPSA) is 26.3 Å². The van der Waals surface area contributed by atoms with Crippen LogP contribution < -0.4 is 0 Å². The normalized spacial score (nSPS) is 13.5. The third kappa shape index (κ3) is 8.98. The van der Waals surface area contributed by atoms with Crippen LogP contribution in [0.1, 0.15) is 49.9 Å². The molecule has 24 rings (SSSR count). The van der Waals surface area contributed by atoms with E-state index in [-0.39, 0.29) is 10.8 Å². The van der Waals surface area contributed by atoms with Crippen LogP contribution in [0.5, 0.6) is 0 Å². The summed E-state index contributed by atoms with van der Waals surface area (Å²) < 4.78 is 12.8. The lowest BCUT2D eigenvalue weighted by atomic mass is 9.81. The molecule has 0 spiro atoms. The van der Waals surface area contributed by atoms with Crippen LogP contribution in [0, 0.1) is 0 Å². The highest BCUT2D eigenvalue weighted by Gasteiger charge is 2.39. The van der Waals surface area contributed by atoms with Gasteiger partial charge in [0.1, 0.15) is 22.3 Å². The predicted molar refractivity (Wildman–Crippen MR) is 474 cm³/mol. The third-order valence-electron chi connectivity index (χ3n) is 25.8. The average Bonchev–Trinajstić information content (AvgIpc) is 1.47. The van der Waals surface area contributed by atoms with Crippen LogP contribution in [-0.2, 0) is 10.8 Å². The van der Waals surface area contributed by atoms with Crippen molar-refractivity contribution in [3.8, 4) is 100 Å². The molecule has 0 bridgehead atoms. The molecular weight excluding hydrogens is 1350 g/mol. The van der Waals surface area contributed by atoms with Crippen LogP contribution in [-0.4, -0.2) is 0 Å². The summed E-state index contributed by atoms with van der Waals surface area (Å²) in [7, 11) is 0. The van der Waals surface area contributed by atoms with E-state index in [4.69, 9.17) is 8.83 Å². The number of hydrogen-bond acceptors (Lipinski definition) is 2. The van der Waals surface area contributed by atoms with Crippen LogP contribution in [0.3, 0.4) is 0 Å². The molecule has 2 heteroatoms. The van der Waals surface area contributed by atoms with Crippen molar-refractivity contribution in [3.63, 3.8) is 0 Å². The highest BCUT2D eigenvalue weighted by Crippen LogP contribution is 2.57. The summed E-state index contributed by atoms with van der Waals surface area (Å²) in [6.07, 6.45) is 0. The predicted octanol–water partition coefficient (Wildman–Crippen LogP) is 31.0. The molecule has 0 N–H and O–H groups in total. The van der Waals surface area contributed by atoms with Crippen molar-refractivity contribution in [2.24, 2.45) is 0 Å². The minimum atomic E-state index is -0.204. The summed E-state index contributed by atoms with van der Waals surface area (Å²) in [6.45, 7) is 9.57. The number of benzene rings is 20. The minimum absolute atomic E-state index is 0.204. The molecule has 2 aromatic heterocycles. The molecule has 2 nitrogen and oxygen atoms in total. The van der Waals surface area contributed by atoms with Crippen molar-refractivity contribution in [1.82, 2.24) is 0 Å². The van der Waals surface area contributed by atoms with Gasteiger partial charge in [-0.1, -0.05) is 319 Å². The largest absolute Gasteiger partial charge is 0.456 e. The molecule has 0 amide bonds. The van der Waals surface area contributed by atoms with E-state index in [0.29, 0.717) is 0 Å². The summed E-state index contributed by atoms with van der Waals surface area (Å²) in [5.74, 6) is 0. The fourth-order valence-corrected chi connectivity index (χ4v) is 20.5. The fourth-order valence-electron chi connectivity index (χ4n) is 20.5. The highest BCUT2D eigenvalue weighted by atomic mass is 16.3. The van der Waals surface area contributed by atoms with Crippen LogP contribution >= 0.6 is 0 Å². The van der Waals surface area contributed by atoms with Gasteiger partial charge in [-0.2, -0.15) is 0 Å². The number of rotatable bonds is 7. The lowest BCUT2D eigenvalue weighted by molar-refractivity contribution is 0.661. The van der Waals surface area contributed by atoms with Gasteiger partial charge in [0.25, 0.3) is 0 Å². The van der Waals surface area contributed by atoms with Crippen LogP contribution in [0.15, 0.2) is 361 Å². The lowest BCUT2D eigenvalue weighted by Gasteiger charge is -2.22. The van der Waals surface area contributed by atoms with Gasteiger partial charge in [0.05, 0.1) is 0 Å². The van der Waals surface area contributed by atoms with Crippen molar-refractivity contribution in [2.45, 2.75) is 38.5 Å². The molecule has 2 heterocycles. The van der Waals surface area contributed by atoms with Crippen molar-refractivity contribution in [3.05, 3.63) is 374 Å². The molecule has 2 aliphatic carbocycles. The maximum Gasteiger partial charge on any atom is 0.136 e. The zero-order valence-corrected chi connectivity index (χ0v) is 62.3. The number of furan rings is 2. The Morgan fingerprint density at radius 3 is 1.09 bits per heavy atom. The van der Waals surface area contributed by atoms with Crippen molar-refractivity contribution < 1.29 is 8.83 Å². The van der Waals surface area contributed by atoms with Crippen molar-refractivity contribution in [1.29, 1.82) is 0 Å². The standard InChI is InChI=1S/C110H70O2/c1-109(2)94-54-47-73-61-101-91(76-25-13-15-33-98(76)112-101)62-90(73)107(94)88-51-46-72(60-97(88)109)64-37-41-68(42-38-64)103-80-27-10-12-29-82(80)105(78-32-18-22-66-20-6-8-24-75(66)78)93-58-70(44-49-86(93)103)69-43-48-85-92(57-69)104(77-31-17-21-65-19-5-7-23-74(65)77)81-28-11-9-26-79(81)102(85)67-39-35-63(36-40-67)71-45-50-87-96(59-71)110(3,4)95-55-52-84-83(106(87)95)53-56-100-108(84)89-30-14-16-34-99(89)111-100/h5-62H,1-4H3.